The molecule has 0 bridgehead atoms. The zero-order valence-electron chi connectivity index (χ0n) is 16.6. The molecule has 28 heavy (non-hydrogen) atoms. The number of rotatable bonds is 6. The molecule has 3 heterocycles. The van der Waals surface area contributed by atoms with Gasteiger partial charge in [0.15, 0.2) is 5.82 Å². The van der Waals surface area contributed by atoms with Gasteiger partial charge in [0, 0.05) is 58.6 Å². The van der Waals surface area contributed by atoms with Gasteiger partial charge in [-0.05, 0) is 30.4 Å². The summed E-state index contributed by atoms with van der Waals surface area (Å²) in [6.45, 7) is 4.66. The Labute approximate surface area is 164 Å². The number of fused-ring (bicyclic) bond motifs is 1. The highest BCUT2D eigenvalue weighted by Gasteiger charge is 2.40. The van der Waals surface area contributed by atoms with Crippen molar-refractivity contribution in [2.24, 2.45) is 12.5 Å². The monoisotopic (exact) mass is 384 g/mol. The van der Waals surface area contributed by atoms with Crippen LogP contribution in [0.3, 0.4) is 0 Å². The van der Waals surface area contributed by atoms with Crippen LogP contribution in [0.2, 0.25) is 0 Å². The fourth-order valence-corrected chi connectivity index (χ4v) is 4.37. The number of para-hydroxylation sites is 1. The van der Waals surface area contributed by atoms with E-state index in [0.29, 0.717) is 17.8 Å². The van der Waals surface area contributed by atoms with E-state index in [1.165, 1.54) is 17.7 Å². The molecular weight excluding hydrogens is 356 g/mol. The molecule has 2 aliphatic heterocycles. The van der Waals surface area contributed by atoms with Gasteiger partial charge in [-0.1, -0.05) is 6.07 Å². The number of amides is 2. The molecule has 0 aliphatic carbocycles. The van der Waals surface area contributed by atoms with Gasteiger partial charge in [0.1, 0.15) is 0 Å². The summed E-state index contributed by atoms with van der Waals surface area (Å²) in [5.74, 6) is 0.510. The minimum absolute atomic E-state index is 0.0968. The summed E-state index contributed by atoms with van der Waals surface area (Å²) in [5, 5.41) is 11.6. The van der Waals surface area contributed by atoms with E-state index in [9.17, 15) is 9.59 Å². The fraction of sp³-hybridized carbons (Fsp3) is 0.550. The number of aryl methyl sites for hydroxylation is 1. The van der Waals surface area contributed by atoms with Crippen LogP contribution in [-0.4, -0.2) is 61.9 Å². The first-order chi connectivity index (χ1) is 13.6. The number of carbonyl (C=O) groups excluding carboxylic acids is 2. The zero-order chi connectivity index (χ0) is 19.7. The van der Waals surface area contributed by atoms with Gasteiger partial charge in [0.05, 0.1) is 11.2 Å². The zero-order valence-corrected chi connectivity index (χ0v) is 16.6. The number of carbonyl (C=O) groups is 2. The van der Waals surface area contributed by atoms with Gasteiger partial charge in [0.2, 0.25) is 12.3 Å². The Morgan fingerprint density at radius 3 is 2.71 bits per heavy atom. The van der Waals surface area contributed by atoms with Crippen LogP contribution >= 0.6 is 0 Å². The van der Waals surface area contributed by atoms with E-state index < -0.39 is 0 Å². The van der Waals surface area contributed by atoms with E-state index in [-0.39, 0.29) is 12.3 Å². The number of benzene rings is 1. The third-order valence-corrected chi connectivity index (χ3v) is 6.25. The maximum absolute atomic E-state index is 11.7. The second-order valence-electron chi connectivity index (χ2n) is 7.93. The largest absolute Gasteiger partial charge is 0.370 e. The van der Waals surface area contributed by atoms with Crippen LogP contribution in [0.25, 0.3) is 10.9 Å². The Hall–Kier alpha value is -2.61. The van der Waals surface area contributed by atoms with Crippen LogP contribution in [0.5, 0.6) is 0 Å². The molecule has 4 rings (SSSR count). The van der Waals surface area contributed by atoms with Crippen molar-refractivity contribution in [3.63, 3.8) is 0 Å². The highest BCUT2D eigenvalue weighted by molar-refractivity contribution is 6.01. The van der Waals surface area contributed by atoms with Crippen LogP contribution in [-0.2, 0) is 16.6 Å². The van der Waals surface area contributed by atoms with Crippen molar-refractivity contribution in [2.45, 2.75) is 19.3 Å². The SMILES string of the molecule is CNC(=O)CCN(C=O)c1nn(C)c2c(N3CCC4(CC3)CNC4)cccc12. The van der Waals surface area contributed by atoms with Gasteiger partial charge in [0.25, 0.3) is 0 Å². The summed E-state index contributed by atoms with van der Waals surface area (Å²) < 4.78 is 1.85. The van der Waals surface area contributed by atoms with Gasteiger partial charge in [-0.25, -0.2) is 0 Å². The first kappa shape index (κ1) is 18.7. The molecule has 2 N–H and O–H groups in total. The summed E-state index contributed by atoms with van der Waals surface area (Å²) in [6, 6.07) is 6.17. The van der Waals surface area contributed by atoms with Crippen molar-refractivity contribution in [1.82, 2.24) is 20.4 Å². The van der Waals surface area contributed by atoms with E-state index in [2.05, 4.69) is 26.7 Å². The van der Waals surface area contributed by atoms with E-state index >= 15 is 0 Å². The molecule has 8 heteroatoms. The Morgan fingerprint density at radius 1 is 1.36 bits per heavy atom. The van der Waals surface area contributed by atoms with Gasteiger partial charge in [-0.2, -0.15) is 5.10 Å². The lowest BCUT2D eigenvalue weighted by atomic mass is 9.73. The number of aromatic nitrogens is 2. The van der Waals surface area contributed by atoms with Crippen LogP contribution in [0.15, 0.2) is 18.2 Å². The molecule has 2 saturated heterocycles. The van der Waals surface area contributed by atoms with Gasteiger partial charge in [-0.15, -0.1) is 0 Å². The van der Waals surface area contributed by atoms with Gasteiger partial charge in [-0.3, -0.25) is 19.2 Å². The quantitative estimate of drug-likeness (QED) is 0.722. The van der Waals surface area contributed by atoms with Crippen LogP contribution < -0.4 is 20.4 Å². The lowest BCUT2D eigenvalue weighted by molar-refractivity contribution is -0.120. The number of hydrogen-bond acceptors (Lipinski definition) is 5. The van der Waals surface area contributed by atoms with Crippen LogP contribution in [0.1, 0.15) is 19.3 Å². The summed E-state index contributed by atoms with van der Waals surface area (Å²) in [6.07, 6.45) is 3.41. The lowest BCUT2D eigenvalue weighted by Crippen LogP contribution is -2.58. The molecule has 2 aromatic rings. The maximum atomic E-state index is 11.7. The minimum Gasteiger partial charge on any atom is -0.370 e. The molecule has 2 fully saturated rings. The van der Waals surface area contributed by atoms with Gasteiger partial charge >= 0.3 is 0 Å². The lowest BCUT2D eigenvalue weighted by Gasteiger charge is -2.49. The highest BCUT2D eigenvalue weighted by atomic mass is 16.2. The molecule has 1 aromatic heterocycles. The van der Waals surface area contributed by atoms with Crippen molar-refractivity contribution < 1.29 is 9.59 Å². The van der Waals surface area contributed by atoms with Crippen molar-refractivity contribution in [3.05, 3.63) is 18.2 Å². The standard InChI is InChI=1S/C20H28N6O2/c1-21-17(28)6-9-26(14-27)19-15-4-3-5-16(18(15)24(2)23-19)25-10-7-20(8-11-25)12-22-13-20/h3-5,14,22H,6-13H2,1-2H3,(H,21,28). The third-order valence-electron chi connectivity index (χ3n) is 6.25. The fourth-order valence-electron chi connectivity index (χ4n) is 4.37. The Bertz CT molecular complexity index is 878. The Kier molecular flexibility index (Phi) is 4.97. The smallest absolute Gasteiger partial charge is 0.221 e. The third kappa shape index (κ3) is 3.22. The van der Waals surface area contributed by atoms with Crippen LogP contribution in [0.4, 0.5) is 11.5 Å². The summed E-state index contributed by atoms with van der Waals surface area (Å²) in [4.78, 5) is 27.2. The van der Waals surface area contributed by atoms with Crippen molar-refractivity contribution in [2.75, 3.05) is 49.6 Å². The molecule has 1 spiro atoms. The maximum Gasteiger partial charge on any atom is 0.221 e. The molecule has 150 valence electrons. The van der Waals surface area contributed by atoms with Crippen molar-refractivity contribution >= 4 is 34.7 Å². The summed E-state index contributed by atoms with van der Waals surface area (Å²) in [5.41, 5.74) is 2.70. The first-order valence-electron chi connectivity index (χ1n) is 9.91. The topological polar surface area (TPSA) is 82.5 Å². The molecule has 0 atom stereocenters. The predicted octanol–water partition coefficient (Wildman–Crippen LogP) is 0.862. The van der Waals surface area contributed by atoms with Crippen molar-refractivity contribution in [1.29, 1.82) is 0 Å². The number of nitrogens with zero attached hydrogens (tertiary/aromatic N) is 4. The van der Waals surface area contributed by atoms with E-state index in [1.807, 2.05) is 23.9 Å². The predicted molar refractivity (Wildman–Crippen MR) is 110 cm³/mol. The van der Waals surface area contributed by atoms with Crippen LogP contribution in [0, 0.1) is 5.41 Å². The second-order valence-corrected chi connectivity index (χ2v) is 7.93. The van der Waals surface area contributed by atoms with E-state index in [1.54, 1.807) is 7.05 Å². The van der Waals surface area contributed by atoms with Gasteiger partial charge < -0.3 is 15.5 Å². The summed E-state index contributed by atoms with van der Waals surface area (Å²) in [7, 11) is 3.51. The Balaban J connectivity index is 1.61. The molecule has 8 nitrogen and oxygen atoms in total. The molecule has 0 unspecified atom stereocenters. The minimum atomic E-state index is -0.0968. The second kappa shape index (κ2) is 7.43. The molecular formula is C20H28N6O2. The number of piperidine rings is 1. The molecule has 0 radical (unpaired) electrons. The van der Waals surface area contributed by atoms with Crippen molar-refractivity contribution in [3.8, 4) is 0 Å². The molecule has 1 aromatic carbocycles. The highest BCUT2D eigenvalue weighted by Crippen LogP contribution is 2.39. The molecule has 0 saturated carbocycles. The van der Waals surface area contributed by atoms with E-state index in [0.717, 1.165) is 49.2 Å². The molecule has 2 aliphatic rings. The number of anilines is 2. The number of hydrogen-bond donors (Lipinski definition) is 2. The first-order valence-corrected chi connectivity index (χ1v) is 9.91. The van der Waals surface area contributed by atoms with E-state index in [4.69, 9.17) is 0 Å². The Morgan fingerprint density at radius 2 is 2.11 bits per heavy atom. The summed E-state index contributed by atoms with van der Waals surface area (Å²) >= 11 is 0. The molecule has 2 amide bonds. The normalized spacial score (nSPS) is 18.1. The average Bonchev–Trinajstić information content (AvgIpc) is 3.04. The number of nitrogens with one attached hydrogen (secondary N) is 2. The average molecular weight is 384 g/mol.